The first-order valence-corrected chi connectivity index (χ1v) is 10.6. The van der Waals surface area contributed by atoms with E-state index in [0.29, 0.717) is 32.5 Å². The average Bonchev–Trinajstić information content (AvgIpc) is 2.63. The monoisotopic (exact) mass is 423 g/mol. The zero-order chi connectivity index (χ0) is 20.8. The normalized spacial score (nSPS) is 16.6. The number of carbonyl (C=O) groups is 1. The van der Waals surface area contributed by atoms with Crippen molar-refractivity contribution in [3.05, 3.63) is 23.9 Å². The number of urea groups is 1. The lowest BCUT2D eigenvalue weighted by Gasteiger charge is -2.30. The van der Waals surface area contributed by atoms with Crippen LogP contribution in [0.1, 0.15) is 18.4 Å². The summed E-state index contributed by atoms with van der Waals surface area (Å²) in [6, 6.07) is 1.72. The van der Waals surface area contributed by atoms with Crippen LogP contribution in [0.3, 0.4) is 0 Å². The fraction of sp³-hybridized carbons (Fsp3) is 0.625. The van der Waals surface area contributed by atoms with Crippen LogP contribution < -0.4 is 16.0 Å². The molecule has 28 heavy (non-hydrogen) atoms. The first-order chi connectivity index (χ1) is 13.1. The van der Waals surface area contributed by atoms with E-state index >= 15 is 0 Å². The first kappa shape index (κ1) is 22.2. The van der Waals surface area contributed by atoms with E-state index in [1.807, 2.05) is 0 Å². The number of carbonyl (C=O) groups excluding carboxylic acids is 1. The minimum Gasteiger partial charge on any atom is -0.368 e. The van der Waals surface area contributed by atoms with Crippen LogP contribution >= 0.6 is 0 Å². The molecule has 0 aromatic carbocycles. The number of anilines is 1. The lowest BCUT2D eigenvalue weighted by molar-refractivity contribution is -0.137. The van der Waals surface area contributed by atoms with Gasteiger partial charge in [0.05, 0.1) is 11.8 Å². The van der Waals surface area contributed by atoms with Gasteiger partial charge in [0.2, 0.25) is 10.0 Å². The van der Waals surface area contributed by atoms with Gasteiger partial charge < -0.3 is 16.0 Å². The zero-order valence-corrected chi connectivity index (χ0v) is 16.2. The maximum absolute atomic E-state index is 12.9. The fourth-order valence-electron chi connectivity index (χ4n) is 2.88. The molecule has 2 rings (SSSR count). The minimum absolute atomic E-state index is 0.0836. The van der Waals surface area contributed by atoms with Gasteiger partial charge in [0.15, 0.2) is 0 Å². The largest absolute Gasteiger partial charge is 0.419 e. The predicted octanol–water partition coefficient (Wildman–Crippen LogP) is 1.48. The van der Waals surface area contributed by atoms with E-state index in [9.17, 15) is 26.4 Å². The summed E-state index contributed by atoms with van der Waals surface area (Å²) in [5.41, 5.74) is -0.861. The Labute approximate surface area is 161 Å². The molecule has 1 aromatic heterocycles. The van der Waals surface area contributed by atoms with Crippen LogP contribution in [0.2, 0.25) is 0 Å². The number of hydrogen-bond acceptors (Lipinski definition) is 5. The van der Waals surface area contributed by atoms with E-state index in [0.717, 1.165) is 6.07 Å². The van der Waals surface area contributed by atoms with Crippen LogP contribution in [-0.4, -0.2) is 62.7 Å². The first-order valence-electron chi connectivity index (χ1n) is 8.80. The molecule has 1 fully saturated rings. The van der Waals surface area contributed by atoms with Crippen LogP contribution in [0.4, 0.5) is 23.8 Å². The van der Waals surface area contributed by atoms with Gasteiger partial charge >= 0.3 is 12.2 Å². The number of hydrogen-bond donors (Lipinski definition) is 3. The van der Waals surface area contributed by atoms with E-state index < -0.39 is 27.8 Å². The molecule has 0 spiro atoms. The van der Waals surface area contributed by atoms with Crippen molar-refractivity contribution in [3.8, 4) is 0 Å². The van der Waals surface area contributed by atoms with Gasteiger partial charge in [0.25, 0.3) is 0 Å². The SMILES string of the molecule is CS(=O)(=O)N1CCC(CNC(=O)NCCNc2ncccc2C(F)(F)F)CC1. The summed E-state index contributed by atoms with van der Waals surface area (Å²) in [7, 11) is -3.18. The molecule has 0 atom stereocenters. The van der Waals surface area contributed by atoms with Gasteiger partial charge in [-0.2, -0.15) is 13.2 Å². The fourth-order valence-corrected chi connectivity index (χ4v) is 3.75. The van der Waals surface area contributed by atoms with Crippen molar-refractivity contribution in [1.29, 1.82) is 0 Å². The van der Waals surface area contributed by atoms with Crippen molar-refractivity contribution >= 4 is 21.9 Å². The van der Waals surface area contributed by atoms with Gasteiger partial charge in [-0.3, -0.25) is 0 Å². The molecule has 8 nitrogen and oxygen atoms in total. The molecular weight excluding hydrogens is 399 g/mol. The third-order valence-electron chi connectivity index (χ3n) is 4.41. The number of halogens is 3. The van der Waals surface area contributed by atoms with E-state index in [4.69, 9.17) is 0 Å². The summed E-state index contributed by atoms with van der Waals surface area (Å²) in [5, 5.41) is 7.82. The molecular formula is C16H24F3N5O3S. The molecule has 1 aliphatic heterocycles. The van der Waals surface area contributed by atoms with Gasteiger partial charge in [0.1, 0.15) is 5.82 Å². The molecule has 2 heterocycles. The van der Waals surface area contributed by atoms with E-state index in [1.54, 1.807) is 0 Å². The Hall–Kier alpha value is -2.08. The number of alkyl halides is 3. The van der Waals surface area contributed by atoms with Crippen LogP contribution in [0, 0.1) is 5.92 Å². The van der Waals surface area contributed by atoms with Crippen molar-refractivity contribution in [1.82, 2.24) is 19.9 Å². The number of amides is 2. The maximum Gasteiger partial charge on any atom is 0.419 e. The number of piperidine rings is 1. The smallest absolute Gasteiger partial charge is 0.368 e. The molecule has 1 aromatic rings. The Morgan fingerprint density at radius 3 is 2.54 bits per heavy atom. The summed E-state index contributed by atoms with van der Waals surface area (Å²) >= 11 is 0. The Balaban J connectivity index is 1.65. The summed E-state index contributed by atoms with van der Waals surface area (Å²) in [4.78, 5) is 15.5. The minimum atomic E-state index is -4.51. The highest BCUT2D eigenvalue weighted by molar-refractivity contribution is 7.88. The number of rotatable bonds is 7. The Bertz CT molecular complexity index is 765. The van der Waals surface area contributed by atoms with Crippen LogP contribution in [0.15, 0.2) is 18.3 Å². The number of sulfonamides is 1. The van der Waals surface area contributed by atoms with E-state index in [2.05, 4.69) is 20.9 Å². The van der Waals surface area contributed by atoms with Crippen LogP contribution in [-0.2, 0) is 16.2 Å². The summed E-state index contributed by atoms with van der Waals surface area (Å²) in [6.07, 6.45) is -0.750. The molecule has 3 N–H and O–H groups in total. The Kier molecular flexibility index (Phi) is 7.47. The lowest BCUT2D eigenvalue weighted by atomic mass is 9.98. The highest BCUT2D eigenvalue weighted by Gasteiger charge is 2.34. The topological polar surface area (TPSA) is 103 Å². The van der Waals surface area contributed by atoms with Gasteiger partial charge in [0, 0.05) is 38.9 Å². The van der Waals surface area contributed by atoms with Crippen LogP contribution in [0.5, 0.6) is 0 Å². The van der Waals surface area contributed by atoms with E-state index in [1.165, 1.54) is 22.8 Å². The van der Waals surface area contributed by atoms with E-state index in [-0.39, 0.29) is 24.8 Å². The van der Waals surface area contributed by atoms with Crippen molar-refractivity contribution in [3.63, 3.8) is 0 Å². The third kappa shape index (κ3) is 6.82. The van der Waals surface area contributed by atoms with Gasteiger partial charge in [-0.05, 0) is 30.9 Å². The summed E-state index contributed by atoms with van der Waals surface area (Å²) in [5.74, 6) is -0.0976. The maximum atomic E-state index is 12.9. The number of nitrogens with zero attached hydrogens (tertiary/aromatic N) is 2. The quantitative estimate of drug-likeness (QED) is 0.577. The summed E-state index contributed by atoms with van der Waals surface area (Å²) in [6.45, 7) is 1.48. The average molecular weight is 423 g/mol. The van der Waals surface area contributed by atoms with Gasteiger partial charge in [-0.15, -0.1) is 0 Å². The highest BCUT2D eigenvalue weighted by atomic mass is 32.2. The van der Waals surface area contributed by atoms with Crippen LogP contribution in [0.25, 0.3) is 0 Å². The van der Waals surface area contributed by atoms with Crippen molar-refractivity contribution in [2.24, 2.45) is 5.92 Å². The van der Waals surface area contributed by atoms with Gasteiger partial charge in [-0.25, -0.2) is 22.5 Å². The second-order valence-corrected chi connectivity index (χ2v) is 8.55. The Morgan fingerprint density at radius 2 is 1.93 bits per heavy atom. The molecule has 0 aliphatic carbocycles. The number of nitrogens with one attached hydrogen (secondary N) is 3. The second-order valence-electron chi connectivity index (χ2n) is 6.57. The standard InChI is InChI=1S/C16H24F3N5O3S/c1-28(26,27)24-9-4-12(5-10-24)11-23-15(25)22-8-7-21-14-13(16(17,18)19)3-2-6-20-14/h2-3,6,12H,4-5,7-11H2,1H3,(H,20,21)(H2,22,23,25). The van der Waals surface area contributed by atoms with Crippen molar-refractivity contribution < 1.29 is 26.4 Å². The van der Waals surface area contributed by atoms with Crippen molar-refractivity contribution in [2.45, 2.75) is 19.0 Å². The number of pyridine rings is 1. The molecule has 0 unspecified atom stereocenters. The molecule has 1 aliphatic rings. The molecule has 0 bridgehead atoms. The van der Waals surface area contributed by atoms with Crippen molar-refractivity contribution in [2.75, 3.05) is 44.3 Å². The Morgan fingerprint density at radius 1 is 1.25 bits per heavy atom. The second kappa shape index (κ2) is 9.41. The lowest BCUT2D eigenvalue weighted by Crippen LogP contribution is -2.44. The molecule has 1 saturated heterocycles. The van der Waals surface area contributed by atoms with Gasteiger partial charge in [-0.1, -0.05) is 0 Å². The zero-order valence-electron chi connectivity index (χ0n) is 15.4. The summed E-state index contributed by atoms with van der Waals surface area (Å²) < 4.78 is 62.9. The molecule has 12 heteroatoms. The molecule has 158 valence electrons. The third-order valence-corrected chi connectivity index (χ3v) is 5.71. The number of aromatic nitrogens is 1. The predicted molar refractivity (Wildman–Crippen MR) is 98.3 cm³/mol. The highest BCUT2D eigenvalue weighted by Crippen LogP contribution is 2.33. The molecule has 0 saturated carbocycles. The molecule has 0 radical (unpaired) electrons. The molecule has 2 amide bonds.